The maximum absolute atomic E-state index is 13.4. The normalized spacial score (nSPS) is 15.1. The van der Waals surface area contributed by atoms with Gasteiger partial charge in [-0.1, -0.05) is 97.9 Å². The Morgan fingerprint density at radius 1 is 0.700 bits per heavy atom. The van der Waals surface area contributed by atoms with Crippen molar-refractivity contribution in [3.05, 3.63) is 108 Å². The summed E-state index contributed by atoms with van der Waals surface area (Å²) < 4.78 is 11.1. The fraction of sp³-hybridized carbons (Fsp3) is 0.405. The zero-order valence-electron chi connectivity index (χ0n) is 28.6. The highest BCUT2D eigenvalue weighted by Crippen LogP contribution is 2.28. The van der Waals surface area contributed by atoms with Gasteiger partial charge in [0.2, 0.25) is 5.91 Å². The van der Waals surface area contributed by atoms with Gasteiger partial charge in [-0.2, -0.15) is 0 Å². The van der Waals surface area contributed by atoms with Gasteiger partial charge in [0.25, 0.3) is 5.91 Å². The maximum atomic E-state index is 13.4. The van der Waals surface area contributed by atoms with Crippen LogP contribution in [0.3, 0.4) is 0 Å². The molecule has 6 atom stereocenters. The molecule has 270 valence electrons. The summed E-state index contributed by atoms with van der Waals surface area (Å²) in [6.45, 7) is 5.67. The topological polar surface area (TPSA) is 204 Å². The van der Waals surface area contributed by atoms with Crippen molar-refractivity contribution in [2.75, 3.05) is 6.61 Å². The molecule has 0 bridgehead atoms. The monoisotopic (exact) mass is 693 g/mol. The molecule has 13 heteroatoms. The summed E-state index contributed by atoms with van der Waals surface area (Å²) in [5.74, 6) is -2.61. The van der Waals surface area contributed by atoms with Crippen LogP contribution in [0, 0.1) is 0 Å². The van der Waals surface area contributed by atoms with Gasteiger partial charge < -0.3 is 45.9 Å². The highest BCUT2D eigenvalue weighted by Gasteiger charge is 2.37. The first-order valence-corrected chi connectivity index (χ1v) is 16.3. The molecule has 13 nitrogen and oxygen atoms in total. The van der Waals surface area contributed by atoms with Crippen molar-refractivity contribution in [2.45, 2.75) is 88.7 Å². The lowest BCUT2D eigenvalue weighted by molar-refractivity contribution is -0.149. The lowest BCUT2D eigenvalue weighted by Gasteiger charge is -2.30. The summed E-state index contributed by atoms with van der Waals surface area (Å²) in [6, 6.07) is 23.1. The largest absolute Gasteiger partial charge is 0.452 e. The number of carbonyl (C=O) groups excluding carboxylic acids is 4. The van der Waals surface area contributed by atoms with Gasteiger partial charge in [-0.25, -0.2) is 4.79 Å². The molecule has 3 aromatic carbocycles. The van der Waals surface area contributed by atoms with Crippen LogP contribution in [0.15, 0.2) is 91.0 Å². The third kappa shape index (κ3) is 11.9. The van der Waals surface area contributed by atoms with Crippen LogP contribution in [0.2, 0.25) is 0 Å². The molecule has 0 aliphatic heterocycles. The smallest absolute Gasteiger partial charge is 0.408 e. The highest BCUT2D eigenvalue weighted by molar-refractivity contribution is 5.86. The Morgan fingerprint density at radius 2 is 1.20 bits per heavy atom. The number of nitrogens with one attached hydrogen (secondary N) is 3. The molecule has 0 aliphatic rings. The summed E-state index contributed by atoms with van der Waals surface area (Å²) in [4.78, 5) is 51.7. The van der Waals surface area contributed by atoms with E-state index in [1.54, 1.807) is 58.0 Å². The van der Waals surface area contributed by atoms with E-state index in [1.165, 1.54) is 0 Å². The summed E-state index contributed by atoms with van der Waals surface area (Å²) in [5, 5.41) is 49.5. The standard InChI is InChI=1S/C37H47N3O10/c1-5-26(40-36(48)50-37(2,3)4)34(46)39-28(22-41)30(43)31(44)32(45)35(47)38-27(23-15-9-6-10-16-23)21-29(42)49-33(24-17-11-7-12-18-24)25-19-13-8-14-20-25/h6-20,26-28,30-33,41,43-45H,5,21-22H2,1-4H3,(H,38,47)(H,39,46)(H,40,48)/t26-,27-,28-,30+,31+,32-/m0/s1. The van der Waals surface area contributed by atoms with E-state index in [0.29, 0.717) is 5.56 Å². The van der Waals surface area contributed by atoms with Gasteiger partial charge >= 0.3 is 12.1 Å². The van der Waals surface area contributed by atoms with Crippen LogP contribution >= 0.6 is 0 Å². The predicted octanol–water partition coefficient (Wildman–Crippen LogP) is 2.43. The van der Waals surface area contributed by atoms with Crippen molar-refractivity contribution >= 4 is 23.9 Å². The number of aliphatic hydroxyl groups is 4. The molecule has 0 fully saturated rings. The molecule has 0 saturated carbocycles. The van der Waals surface area contributed by atoms with Gasteiger partial charge in [0.1, 0.15) is 23.9 Å². The number of alkyl carbamates (subject to hydrolysis) is 1. The Balaban J connectivity index is 1.71. The van der Waals surface area contributed by atoms with E-state index in [1.807, 2.05) is 60.7 Å². The summed E-state index contributed by atoms with van der Waals surface area (Å²) in [5.41, 5.74) is 1.14. The number of hydrogen-bond donors (Lipinski definition) is 7. The molecule has 3 amide bonds. The molecular weight excluding hydrogens is 646 g/mol. The van der Waals surface area contributed by atoms with Crippen LogP contribution in [0.1, 0.15) is 69.4 Å². The van der Waals surface area contributed by atoms with E-state index >= 15 is 0 Å². The fourth-order valence-electron chi connectivity index (χ4n) is 5.03. The van der Waals surface area contributed by atoms with Crippen LogP contribution < -0.4 is 16.0 Å². The van der Waals surface area contributed by atoms with Gasteiger partial charge in [0.15, 0.2) is 12.2 Å². The number of carbonyl (C=O) groups is 4. The van der Waals surface area contributed by atoms with E-state index < -0.39 is 78.6 Å². The van der Waals surface area contributed by atoms with Gasteiger partial charge in [-0.05, 0) is 43.9 Å². The summed E-state index contributed by atoms with van der Waals surface area (Å²) >= 11 is 0. The van der Waals surface area contributed by atoms with Crippen LogP contribution in [-0.2, 0) is 23.9 Å². The Bertz CT molecular complexity index is 1480. The third-order valence-electron chi connectivity index (χ3n) is 7.64. The van der Waals surface area contributed by atoms with E-state index in [0.717, 1.165) is 11.1 Å². The number of ether oxygens (including phenoxy) is 2. The fourth-order valence-corrected chi connectivity index (χ4v) is 5.03. The second kappa shape index (κ2) is 18.8. The van der Waals surface area contributed by atoms with Crippen molar-refractivity contribution in [3.63, 3.8) is 0 Å². The molecule has 50 heavy (non-hydrogen) atoms. The molecule has 0 spiro atoms. The summed E-state index contributed by atoms with van der Waals surface area (Å²) in [7, 11) is 0. The minimum atomic E-state index is -2.25. The van der Waals surface area contributed by atoms with Crippen molar-refractivity contribution in [3.8, 4) is 0 Å². The number of aliphatic hydroxyl groups excluding tert-OH is 4. The molecule has 0 aromatic heterocycles. The quantitative estimate of drug-likeness (QED) is 0.109. The molecule has 0 aliphatic carbocycles. The van der Waals surface area contributed by atoms with Crippen LogP contribution in [0.4, 0.5) is 4.79 Å². The van der Waals surface area contributed by atoms with E-state index in [4.69, 9.17) is 9.47 Å². The second-order valence-electron chi connectivity index (χ2n) is 12.7. The molecule has 0 unspecified atom stereocenters. The predicted molar refractivity (Wildman–Crippen MR) is 183 cm³/mol. The number of rotatable bonds is 16. The Hall–Kier alpha value is -4.82. The first kappa shape index (κ1) is 39.6. The zero-order valence-corrected chi connectivity index (χ0v) is 28.6. The average Bonchev–Trinajstić information content (AvgIpc) is 3.10. The zero-order chi connectivity index (χ0) is 36.8. The first-order valence-electron chi connectivity index (χ1n) is 16.3. The molecule has 3 aromatic rings. The average molecular weight is 694 g/mol. The van der Waals surface area contributed by atoms with Crippen molar-refractivity contribution in [1.29, 1.82) is 0 Å². The number of hydrogen-bond acceptors (Lipinski definition) is 10. The Labute approximate surface area is 291 Å². The molecular formula is C37H47N3O10. The van der Waals surface area contributed by atoms with Gasteiger partial charge in [-0.15, -0.1) is 0 Å². The second-order valence-corrected chi connectivity index (χ2v) is 12.7. The SMILES string of the molecule is CC[C@H](NC(=O)OC(C)(C)C)C(=O)N[C@@H](CO)[C@@H](O)[C@@H](O)[C@H](O)C(=O)N[C@@H](CC(=O)OC(c1ccccc1)c1ccccc1)c1ccccc1. The van der Waals surface area contributed by atoms with Gasteiger partial charge in [-0.3, -0.25) is 14.4 Å². The number of benzene rings is 3. The van der Waals surface area contributed by atoms with E-state index in [-0.39, 0.29) is 12.8 Å². The van der Waals surface area contributed by atoms with Gasteiger partial charge in [0.05, 0.1) is 25.1 Å². The van der Waals surface area contributed by atoms with Crippen LogP contribution in [0.5, 0.6) is 0 Å². The molecule has 7 N–H and O–H groups in total. The summed E-state index contributed by atoms with van der Waals surface area (Å²) in [6.07, 6.45) is -8.29. The highest BCUT2D eigenvalue weighted by atomic mass is 16.6. The van der Waals surface area contributed by atoms with Crippen molar-refractivity contribution < 1.29 is 49.1 Å². The molecule has 0 heterocycles. The molecule has 3 rings (SSSR count). The van der Waals surface area contributed by atoms with Crippen molar-refractivity contribution in [2.24, 2.45) is 0 Å². The van der Waals surface area contributed by atoms with Crippen LogP contribution in [-0.4, -0.2) is 86.9 Å². The van der Waals surface area contributed by atoms with E-state index in [2.05, 4.69) is 16.0 Å². The lowest BCUT2D eigenvalue weighted by atomic mass is 9.98. The molecule has 0 radical (unpaired) electrons. The molecule has 0 saturated heterocycles. The Morgan fingerprint density at radius 3 is 1.66 bits per heavy atom. The van der Waals surface area contributed by atoms with Gasteiger partial charge in [0, 0.05) is 0 Å². The van der Waals surface area contributed by atoms with E-state index in [9.17, 15) is 39.6 Å². The number of esters is 1. The Kier molecular flexibility index (Phi) is 14.9. The van der Waals surface area contributed by atoms with Crippen molar-refractivity contribution in [1.82, 2.24) is 16.0 Å². The maximum Gasteiger partial charge on any atom is 0.408 e. The third-order valence-corrected chi connectivity index (χ3v) is 7.64. The van der Waals surface area contributed by atoms with Crippen LogP contribution in [0.25, 0.3) is 0 Å². The number of amides is 3. The minimum Gasteiger partial charge on any atom is -0.452 e. The minimum absolute atomic E-state index is 0.119. The lowest BCUT2D eigenvalue weighted by Crippen LogP contribution is -2.59. The first-order chi connectivity index (χ1) is 23.7.